The summed E-state index contributed by atoms with van der Waals surface area (Å²) in [7, 11) is 2.96. The third-order valence-corrected chi connectivity index (χ3v) is 10.9. The highest BCUT2D eigenvalue weighted by Crippen LogP contribution is 2.56. The van der Waals surface area contributed by atoms with Gasteiger partial charge in [0.25, 0.3) is 5.91 Å². The number of amides is 2. The second-order valence-electron chi connectivity index (χ2n) is 13.7. The molecular formula is C32H40N4O9. The summed E-state index contributed by atoms with van der Waals surface area (Å²) in [5.74, 6) is -8.98. The topological polar surface area (TPSA) is 214 Å². The lowest BCUT2D eigenvalue weighted by atomic mass is 9.55. The summed E-state index contributed by atoms with van der Waals surface area (Å²) in [5.41, 5.74) is 0.973. The van der Waals surface area contributed by atoms with Gasteiger partial charge in [0.05, 0.1) is 35.9 Å². The fraction of sp³-hybridized carbons (Fsp3) is 0.562. The number of aliphatic hydroxyl groups is 4. The van der Waals surface area contributed by atoms with Gasteiger partial charge < -0.3 is 36.6 Å². The highest BCUT2D eigenvalue weighted by atomic mass is 16.4. The van der Waals surface area contributed by atoms with Crippen molar-refractivity contribution in [1.29, 1.82) is 0 Å². The molecule has 2 amide bonds. The largest absolute Gasteiger partial charge is 0.510 e. The zero-order valence-corrected chi connectivity index (χ0v) is 25.6. The molecule has 2 saturated heterocycles. The minimum absolute atomic E-state index is 0.0220. The highest BCUT2D eigenvalue weighted by Gasteiger charge is 2.67. The Labute approximate surface area is 260 Å². The fourth-order valence-corrected chi connectivity index (χ4v) is 8.95. The normalized spacial score (nSPS) is 36.2. The summed E-state index contributed by atoms with van der Waals surface area (Å²) in [4.78, 5) is 56.5. The van der Waals surface area contributed by atoms with Crippen LogP contribution in [0.25, 0.3) is 0 Å². The first-order valence-electron chi connectivity index (χ1n) is 15.3. The molecule has 242 valence electrons. The van der Waals surface area contributed by atoms with Gasteiger partial charge in [0.15, 0.2) is 17.1 Å². The molecule has 0 radical (unpaired) electrons. The average Bonchev–Trinajstić information content (AvgIpc) is 2.96. The van der Waals surface area contributed by atoms with E-state index >= 15 is 0 Å². The molecule has 2 heterocycles. The number of Topliss-reactive ketones (excluding diaryl/α,β-unsaturated/α-hetero) is 2. The second kappa shape index (κ2) is 10.6. The molecule has 9 atom stereocenters. The summed E-state index contributed by atoms with van der Waals surface area (Å²) < 4.78 is 0. The highest BCUT2D eigenvalue weighted by molar-refractivity contribution is 6.25. The molecule has 8 N–H and O–H groups in total. The lowest BCUT2D eigenvalue weighted by Crippen LogP contribution is -2.68. The van der Waals surface area contributed by atoms with Crippen LogP contribution in [0, 0.1) is 23.7 Å². The number of fused-ring (bicyclic) bond motifs is 6. The quantitative estimate of drug-likeness (QED) is 0.179. The van der Waals surface area contributed by atoms with E-state index in [0.717, 1.165) is 25.8 Å². The molecule has 4 aliphatic carbocycles. The zero-order valence-electron chi connectivity index (χ0n) is 25.6. The number of phenols is 1. The maximum atomic E-state index is 14.1. The van der Waals surface area contributed by atoms with Crippen molar-refractivity contribution in [2.75, 3.05) is 32.5 Å². The molecule has 3 fully saturated rings. The number of phenolic OH excluding ortho intramolecular Hbond substituents is 1. The van der Waals surface area contributed by atoms with Crippen LogP contribution in [0.3, 0.4) is 0 Å². The first-order chi connectivity index (χ1) is 21.1. The second-order valence-corrected chi connectivity index (χ2v) is 13.7. The number of nitrogens with zero attached hydrogens (tertiary/aromatic N) is 2. The number of likely N-dealkylation sites (N-methyl/N-ethyl adjacent to an activating group) is 1. The molecule has 13 heteroatoms. The fourth-order valence-electron chi connectivity index (χ4n) is 8.95. The number of piperidine rings is 2. The van der Waals surface area contributed by atoms with Crippen LogP contribution in [0.15, 0.2) is 34.8 Å². The molecule has 2 bridgehead atoms. The number of carbonyl (C=O) groups is 4. The predicted molar refractivity (Wildman–Crippen MR) is 160 cm³/mol. The molecule has 1 aromatic rings. The Morgan fingerprint density at radius 3 is 2.42 bits per heavy atom. The molecular weight excluding hydrogens is 584 g/mol. The van der Waals surface area contributed by atoms with E-state index in [4.69, 9.17) is 5.73 Å². The van der Waals surface area contributed by atoms with Gasteiger partial charge in [-0.3, -0.25) is 29.0 Å². The van der Waals surface area contributed by atoms with Crippen molar-refractivity contribution in [3.63, 3.8) is 0 Å². The van der Waals surface area contributed by atoms with Crippen molar-refractivity contribution in [2.45, 2.75) is 62.8 Å². The minimum Gasteiger partial charge on any atom is -0.510 e. The molecule has 45 heavy (non-hydrogen) atoms. The van der Waals surface area contributed by atoms with Crippen LogP contribution in [0.2, 0.25) is 0 Å². The summed E-state index contributed by atoms with van der Waals surface area (Å²) in [6, 6.07) is 2.00. The standard InChI is InChI=1S/C32H40N4O9/c1-12-9-14-5-8-17(12)36(10-14)11-18(37)34-16-7-6-15-13(2)19-21(26(39)20(15)25(16)38)29(42)32(45)23(27(19)40)24(35(3)4)28(41)22(30(32)43)31(33)44/h6-7,12-14,17,19,23-24,27,38,40-42,45H,5,8-11H2,1-4H3,(H2,33,44)(H,34,37)/t12?,13?,14?,17?,19?,23?,24-,27?,32-/m1/s1. The Morgan fingerprint density at radius 2 is 1.82 bits per heavy atom. The van der Waals surface area contributed by atoms with Gasteiger partial charge in [0.1, 0.15) is 17.1 Å². The smallest absolute Gasteiger partial charge is 0.255 e. The monoisotopic (exact) mass is 624 g/mol. The Bertz CT molecular complexity index is 1580. The Balaban J connectivity index is 1.38. The molecule has 7 rings (SSSR count). The molecule has 0 spiro atoms. The van der Waals surface area contributed by atoms with E-state index in [1.165, 1.54) is 25.1 Å². The number of aliphatic hydroxyl groups excluding tert-OH is 3. The van der Waals surface area contributed by atoms with E-state index in [2.05, 4.69) is 17.1 Å². The Morgan fingerprint density at radius 1 is 1.13 bits per heavy atom. The number of hydrogen-bond acceptors (Lipinski definition) is 11. The summed E-state index contributed by atoms with van der Waals surface area (Å²) >= 11 is 0. The number of benzene rings is 1. The van der Waals surface area contributed by atoms with Crippen LogP contribution >= 0.6 is 0 Å². The van der Waals surface area contributed by atoms with Crippen LogP contribution in [0.1, 0.15) is 54.9 Å². The number of aromatic hydroxyl groups is 1. The lowest BCUT2D eigenvalue weighted by molar-refractivity contribution is -0.162. The number of carbonyl (C=O) groups excluding carboxylic acids is 4. The minimum atomic E-state index is -2.99. The first-order valence-corrected chi connectivity index (χ1v) is 15.3. The molecule has 7 unspecified atom stereocenters. The van der Waals surface area contributed by atoms with Crippen molar-refractivity contribution in [2.24, 2.45) is 29.4 Å². The average molecular weight is 625 g/mol. The number of nitrogens with two attached hydrogens (primary N) is 1. The molecule has 2 aliphatic heterocycles. The van der Waals surface area contributed by atoms with Crippen molar-refractivity contribution in [3.05, 3.63) is 45.9 Å². The van der Waals surface area contributed by atoms with Crippen molar-refractivity contribution in [1.82, 2.24) is 9.80 Å². The van der Waals surface area contributed by atoms with Gasteiger partial charge >= 0.3 is 0 Å². The summed E-state index contributed by atoms with van der Waals surface area (Å²) in [6.45, 7) is 4.80. The van der Waals surface area contributed by atoms with Gasteiger partial charge in [-0.1, -0.05) is 19.9 Å². The van der Waals surface area contributed by atoms with Crippen LogP contribution in [-0.2, 0) is 14.4 Å². The third kappa shape index (κ3) is 4.35. The third-order valence-electron chi connectivity index (χ3n) is 10.9. The van der Waals surface area contributed by atoms with Crippen LogP contribution in [0.5, 0.6) is 5.75 Å². The molecule has 1 aromatic carbocycles. The SMILES string of the molecule is CC1CC2CCC1N(CC(=O)Nc1ccc3c(c1O)C(=O)C1=C(O)[C@@]4(O)C(=O)C(C(N)=O)=C(O)[C@H](N(C)C)C4C(O)C1C3C)C2. The number of ketones is 2. The van der Waals surface area contributed by atoms with Gasteiger partial charge in [-0.15, -0.1) is 0 Å². The summed E-state index contributed by atoms with van der Waals surface area (Å²) in [5, 5.41) is 60.1. The lowest BCUT2D eigenvalue weighted by Gasteiger charge is -2.53. The molecule has 0 aromatic heterocycles. The maximum Gasteiger partial charge on any atom is 0.255 e. The van der Waals surface area contributed by atoms with Gasteiger partial charge in [-0.2, -0.15) is 0 Å². The van der Waals surface area contributed by atoms with Gasteiger partial charge in [-0.25, -0.2) is 0 Å². The van der Waals surface area contributed by atoms with Crippen molar-refractivity contribution >= 4 is 29.1 Å². The van der Waals surface area contributed by atoms with E-state index < -0.39 is 81.4 Å². The summed E-state index contributed by atoms with van der Waals surface area (Å²) in [6.07, 6.45) is 1.65. The van der Waals surface area contributed by atoms with E-state index in [1.54, 1.807) is 13.0 Å². The maximum absolute atomic E-state index is 14.1. The van der Waals surface area contributed by atoms with E-state index in [-0.39, 0.29) is 23.7 Å². The van der Waals surface area contributed by atoms with Gasteiger partial charge in [0, 0.05) is 24.1 Å². The van der Waals surface area contributed by atoms with Crippen LogP contribution in [0.4, 0.5) is 5.69 Å². The number of primary amides is 1. The number of nitrogens with one attached hydrogen (secondary N) is 1. The molecule has 1 saturated carbocycles. The number of rotatable bonds is 5. The number of anilines is 1. The first kappa shape index (κ1) is 31.2. The number of hydrogen-bond donors (Lipinski definition) is 7. The van der Waals surface area contributed by atoms with Crippen molar-refractivity contribution in [3.8, 4) is 5.75 Å². The predicted octanol–water partition coefficient (Wildman–Crippen LogP) is 0.711. The van der Waals surface area contributed by atoms with E-state index in [9.17, 15) is 44.7 Å². The molecule has 6 aliphatic rings. The van der Waals surface area contributed by atoms with Gasteiger partial charge in [-0.05, 0) is 62.7 Å². The van der Waals surface area contributed by atoms with Crippen LogP contribution in [-0.4, -0.2) is 110 Å². The van der Waals surface area contributed by atoms with E-state index in [1.807, 2.05) is 0 Å². The molecule has 13 nitrogen and oxygen atoms in total. The van der Waals surface area contributed by atoms with Crippen molar-refractivity contribution < 1.29 is 44.7 Å². The Hall–Kier alpha value is -3.78. The van der Waals surface area contributed by atoms with E-state index in [0.29, 0.717) is 23.4 Å². The Kier molecular flexibility index (Phi) is 7.39. The van der Waals surface area contributed by atoms with Gasteiger partial charge in [0.2, 0.25) is 11.7 Å². The van der Waals surface area contributed by atoms with Crippen LogP contribution < -0.4 is 11.1 Å². The zero-order chi connectivity index (χ0) is 32.9.